The van der Waals surface area contributed by atoms with Crippen LogP contribution in [0.3, 0.4) is 0 Å². The van der Waals surface area contributed by atoms with Crippen molar-refractivity contribution in [2.75, 3.05) is 38.0 Å². The first kappa shape index (κ1) is 80.1. The van der Waals surface area contributed by atoms with Gasteiger partial charge >= 0.3 is 0 Å². The van der Waals surface area contributed by atoms with Gasteiger partial charge < -0.3 is 18.8 Å². The van der Waals surface area contributed by atoms with Crippen molar-refractivity contribution in [3.05, 3.63) is 333 Å². The van der Waals surface area contributed by atoms with E-state index < -0.39 is 40.1 Å². The summed E-state index contributed by atoms with van der Waals surface area (Å²) in [5.74, 6) is 0.332. The fourth-order valence-corrected chi connectivity index (χ4v) is 21.8. The average molecular weight is 1750 g/mol. The zero-order chi connectivity index (χ0) is 83.7. The number of nitrogens with zero attached hydrogens (tertiary/aromatic N) is 14. The third kappa shape index (κ3) is 15.9. The van der Waals surface area contributed by atoms with Gasteiger partial charge in [0.05, 0.1) is 41.7 Å². The Morgan fingerprint density at radius 2 is 0.727 bits per heavy atom. The molecule has 20 rings (SSSR count). The summed E-state index contributed by atoms with van der Waals surface area (Å²) in [5, 5.41) is 9.64. The Balaban J connectivity index is 0.000000115. The Hall–Kier alpha value is -13.4. The first-order valence-electron chi connectivity index (χ1n) is 37.3. The SMILES string of the molecule is CN(C)c1ccc(-c2cnc3c(c2)c(-c2cncs2)cn3S(=O)(=O)c2ccccc2)cc1.CN(C)c1ccc(-c2cnc3c(c2)c(-c2ncco2)cn3S(=O)(=O)c2ccccc2)cc1.Cn1ccc(-c2cn(S(=O)(=O)c3ccccc3)c3ncc(-c4cccs4)cc23)c1.O=S(=O)(c1ccccc1)n1cc(-c2nccs2)c2cc(-c3cccs3)cnc21. The predicted octanol–water partition coefficient (Wildman–Crippen LogP) is 19.9. The number of anilines is 2. The van der Waals surface area contributed by atoms with E-state index in [9.17, 15) is 33.7 Å². The van der Waals surface area contributed by atoms with Crippen LogP contribution in [0.25, 0.3) is 131 Å². The highest BCUT2D eigenvalue weighted by Gasteiger charge is 2.30. The first-order valence-corrected chi connectivity index (χ1v) is 46.6. The Kier molecular flexibility index (Phi) is 22.1. The Morgan fingerprint density at radius 1 is 0.331 bits per heavy atom. The van der Waals surface area contributed by atoms with Gasteiger partial charge in [0.1, 0.15) is 11.3 Å². The minimum atomic E-state index is -3.85. The lowest BCUT2D eigenvalue weighted by molar-refractivity contribution is 0.574. The number of rotatable bonds is 18. The van der Waals surface area contributed by atoms with Crippen LogP contribution in [0.2, 0.25) is 0 Å². The van der Waals surface area contributed by atoms with Crippen molar-refractivity contribution in [1.29, 1.82) is 0 Å². The number of pyridine rings is 4. The Bertz CT molecular complexity index is 7320. The molecular weight excluding hydrogens is 1680 g/mol. The van der Waals surface area contributed by atoms with Gasteiger partial charge in [-0.1, -0.05) is 109 Å². The minimum absolute atomic E-state index is 0.181. The molecule has 602 valence electrons. The van der Waals surface area contributed by atoms with Gasteiger partial charge in [-0.2, -0.15) is 0 Å². The zero-order valence-corrected chi connectivity index (χ0v) is 71.5. The Labute approximate surface area is 712 Å². The summed E-state index contributed by atoms with van der Waals surface area (Å²) in [7, 11) is -5.26. The summed E-state index contributed by atoms with van der Waals surface area (Å²) in [6.45, 7) is 0. The maximum absolute atomic E-state index is 13.4. The molecule has 6 aromatic carbocycles. The van der Waals surface area contributed by atoms with Gasteiger partial charge in [-0.05, 0) is 137 Å². The molecule has 0 radical (unpaired) electrons. The van der Waals surface area contributed by atoms with Crippen molar-refractivity contribution in [1.82, 2.24) is 55.3 Å². The molecule has 121 heavy (non-hydrogen) atoms. The number of benzene rings is 6. The highest BCUT2D eigenvalue weighted by atomic mass is 32.2. The predicted molar refractivity (Wildman–Crippen MR) is 483 cm³/mol. The molecule has 0 N–H and O–H groups in total. The minimum Gasteiger partial charge on any atom is -0.444 e. The van der Waals surface area contributed by atoms with Gasteiger partial charge in [-0.15, -0.1) is 45.3 Å². The molecule has 0 bridgehead atoms. The number of hydrogen-bond acceptors (Lipinski definition) is 22. The van der Waals surface area contributed by atoms with Gasteiger partial charge in [-0.25, -0.2) is 79.5 Å². The lowest BCUT2D eigenvalue weighted by atomic mass is 10.0. The number of oxazole rings is 1. The van der Waals surface area contributed by atoms with E-state index in [2.05, 4.69) is 47.0 Å². The van der Waals surface area contributed by atoms with Crippen molar-refractivity contribution >= 4 is 141 Å². The highest BCUT2D eigenvalue weighted by molar-refractivity contribution is 7.91. The van der Waals surface area contributed by atoms with E-state index in [1.807, 2.05) is 169 Å². The number of thiazole rings is 2. The second kappa shape index (κ2) is 33.4. The number of aromatic nitrogens is 12. The van der Waals surface area contributed by atoms with E-state index >= 15 is 0 Å². The second-order valence-electron chi connectivity index (χ2n) is 28.0. The number of thiophene rings is 2. The van der Waals surface area contributed by atoms with Crippen LogP contribution in [0.15, 0.2) is 357 Å². The lowest BCUT2D eigenvalue weighted by Crippen LogP contribution is -2.12. The molecule has 0 aliphatic rings. The van der Waals surface area contributed by atoms with Crippen LogP contribution in [0, 0.1) is 0 Å². The number of hydrogen-bond donors (Lipinski definition) is 0. The first-order chi connectivity index (χ1) is 58.6. The molecule has 23 nitrogen and oxygen atoms in total. The van der Waals surface area contributed by atoms with Gasteiger partial charge in [0.15, 0.2) is 22.6 Å². The third-order valence-corrected chi connectivity index (χ3v) is 30.0. The maximum atomic E-state index is 13.4. The standard InChI is InChI=1S/C24H20N4O3S.C24H20N4O2S2.C22H17N3O2S2.C20H13N3O2S3/c1-27(2)19-10-8-17(9-11-19)18-14-21-22(24-25-12-13-31-24)16-28(23(21)26-15-18)32(29,30)20-6-4-3-5-7-20;1-27(2)19-10-8-17(9-11-19)18-12-21-22(23-14-25-16-31-23)15-28(24(21)26-13-18)32(29,30)20-6-4-3-5-7-20;1-24-10-9-16(14-24)20-15-25(29(26,27)18-6-3-2-4-7-18)22-19(20)12-17(13-23-22)21-8-5-11-28-21;24-28(25,15-5-2-1-3-6-15)23-13-17(20-21-8-10-27-20)16-11-14(12-22-19(16)23)18-7-4-9-26-18/h2*3-16H,1-2H3;2-15H,1H3;1-13H. The van der Waals surface area contributed by atoms with Crippen LogP contribution < -0.4 is 9.80 Å². The van der Waals surface area contributed by atoms with E-state index in [4.69, 9.17) is 4.42 Å². The lowest BCUT2D eigenvalue weighted by Gasteiger charge is -2.12. The number of fused-ring (bicyclic) bond motifs is 4. The molecule has 14 aromatic heterocycles. The van der Waals surface area contributed by atoms with E-state index in [1.165, 1.54) is 57.2 Å². The molecule has 14 heterocycles. The van der Waals surface area contributed by atoms with E-state index in [-0.39, 0.29) is 19.6 Å². The van der Waals surface area contributed by atoms with Crippen LogP contribution in [0.5, 0.6) is 0 Å². The monoisotopic (exact) mass is 1750 g/mol. The van der Waals surface area contributed by atoms with Crippen molar-refractivity contribution in [3.63, 3.8) is 0 Å². The highest BCUT2D eigenvalue weighted by Crippen LogP contribution is 2.42. The molecular formula is C90H70N14O9S8. The Morgan fingerprint density at radius 3 is 1.10 bits per heavy atom. The average Bonchev–Trinajstić information content (AvgIpc) is 1.62. The summed E-state index contributed by atoms with van der Waals surface area (Å²) in [6.07, 6.45) is 23.7. The molecule has 0 atom stereocenters. The molecule has 0 saturated heterocycles. The fraction of sp³-hybridized carbons (Fsp3) is 0.0556. The summed E-state index contributed by atoms with van der Waals surface area (Å²) in [5.41, 5.74) is 15.1. The van der Waals surface area contributed by atoms with Crippen LogP contribution in [0.4, 0.5) is 11.4 Å². The molecule has 31 heteroatoms. The van der Waals surface area contributed by atoms with Crippen molar-refractivity contribution in [2.24, 2.45) is 7.05 Å². The van der Waals surface area contributed by atoms with Crippen LogP contribution >= 0.6 is 45.3 Å². The van der Waals surface area contributed by atoms with Gasteiger partial charge in [-0.3, -0.25) is 4.98 Å². The summed E-state index contributed by atoms with van der Waals surface area (Å²) in [6, 6.07) is 67.7. The van der Waals surface area contributed by atoms with Gasteiger partial charge in [0.25, 0.3) is 40.1 Å². The maximum Gasteiger partial charge on any atom is 0.269 e. The van der Waals surface area contributed by atoms with Crippen LogP contribution in [-0.2, 0) is 47.1 Å². The molecule has 20 aromatic rings. The summed E-state index contributed by atoms with van der Waals surface area (Å²) >= 11 is 6.18. The second-order valence-corrected chi connectivity index (χ2v) is 38.9. The van der Waals surface area contributed by atoms with Gasteiger partial charge in [0.2, 0.25) is 5.89 Å². The molecule has 0 saturated carbocycles. The normalized spacial score (nSPS) is 11.8. The van der Waals surface area contributed by atoms with E-state index in [0.29, 0.717) is 39.4 Å². The number of aryl methyl sites for hydroxylation is 1. The molecule has 0 spiro atoms. The summed E-state index contributed by atoms with van der Waals surface area (Å²) < 4.78 is 119. The molecule has 0 aliphatic carbocycles. The topological polar surface area (TPSA) is 271 Å². The summed E-state index contributed by atoms with van der Waals surface area (Å²) in [4.78, 5) is 39.0. The molecule has 0 unspecified atom stereocenters. The van der Waals surface area contributed by atoms with Crippen molar-refractivity contribution in [2.45, 2.75) is 19.6 Å². The van der Waals surface area contributed by atoms with E-state index in [1.54, 1.807) is 205 Å². The van der Waals surface area contributed by atoms with Crippen molar-refractivity contribution < 1.29 is 38.1 Å². The largest absolute Gasteiger partial charge is 0.444 e. The van der Waals surface area contributed by atoms with Crippen LogP contribution in [-0.4, -0.2) is 117 Å². The molecule has 0 aliphatic heterocycles. The smallest absolute Gasteiger partial charge is 0.269 e. The zero-order valence-electron chi connectivity index (χ0n) is 65.0. The van der Waals surface area contributed by atoms with Crippen LogP contribution in [0.1, 0.15) is 0 Å². The molecule has 0 fully saturated rings. The fourth-order valence-electron chi connectivity index (χ4n) is 13.7. The van der Waals surface area contributed by atoms with E-state index in [0.717, 1.165) is 103 Å². The molecule has 0 amide bonds. The third-order valence-electron chi connectivity index (χ3n) is 19.9. The van der Waals surface area contributed by atoms with Crippen molar-refractivity contribution in [3.8, 4) is 86.7 Å². The van der Waals surface area contributed by atoms with Gasteiger partial charge in [0, 0.05) is 202 Å². The quantitative estimate of drug-likeness (QED) is 0.0772.